The third-order valence-corrected chi connectivity index (χ3v) is 6.97. The van der Waals surface area contributed by atoms with Gasteiger partial charge >= 0.3 is 6.09 Å². The van der Waals surface area contributed by atoms with Crippen LogP contribution in [0.15, 0.2) is 36.8 Å². The molecular weight excluding hydrogens is 465 g/mol. The van der Waals surface area contributed by atoms with Gasteiger partial charge in [0.15, 0.2) is 11.6 Å². The fourth-order valence-electron chi connectivity index (χ4n) is 5.14. The van der Waals surface area contributed by atoms with Crippen molar-refractivity contribution in [2.75, 3.05) is 24.7 Å². The zero-order valence-electron chi connectivity index (χ0n) is 18.1. The third-order valence-electron chi connectivity index (χ3n) is 6.97. The van der Waals surface area contributed by atoms with Gasteiger partial charge < -0.3 is 9.47 Å². The van der Waals surface area contributed by atoms with E-state index in [1.165, 1.54) is 29.2 Å². The van der Waals surface area contributed by atoms with E-state index in [1.54, 1.807) is 6.20 Å². The number of pyridine rings is 1. The van der Waals surface area contributed by atoms with Crippen LogP contribution in [0.25, 0.3) is 11.1 Å². The molecule has 1 amide bonds. The van der Waals surface area contributed by atoms with Crippen molar-refractivity contribution < 1.29 is 27.4 Å². The van der Waals surface area contributed by atoms with Gasteiger partial charge in [-0.05, 0) is 6.07 Å². The predicted molar refractivity (Wildman–Crippen MR) is 112 cm³/mol. The number of cyclic esters (lactones) is 1. The molecule has 3 aromatic rings. The van der Waals surface area contributed by atoms with E-state index in [-0.39, 0.29) is 30.5 Å². The summed E-state index contributed by atoms with van der Waals surface area (Å²) >= 11 is 0. The van der Waals surface area contributed by atoms with E-state index in [9.17, 15) is 10.1 Å². The van der Waals surface area contributed by atoms with E-state index in [4.69, 9.17) is 9.47 Å². The fourth-order valence-corrected chi connectivity index (χ4v) is 5.14. The molecule has 178 valence electrons. The Hall–Kier alpha value is -3.98. The molecule has 2 aromatic heterocycles. The maximum Gasteiger partial charge on any atom is 0.414 e. The Morgan fingerprint density at radius 2 is 2.00 bits per heavy atom. The molecule has 1 saturated carbocycles. The number of ether oxygens (including phenoxy) is 2. The van der Waals surface area contributed by atoms with Gasteiger partial charge in [0.05, 0.1) is 55.5 Å². The Bertz CT molecular complexity index is 1350. The Labute approximate surface area is 196 Å². The van der Waals surface area contributed by atoms with Crippen molar-refractivity contribution in [2.24, 2.45) is 11.8 Å². The number of halogens is 3. The maximum absolute atomic E-state index is 15.1. The minimum Gasteiger partial charge on any atom is -0.442 e. The van der Waals surface area contributed by atoms with Gasteiger partial charge in [0.2, 0.25) is 0 Å². The van der Waals surface area contributed by atoms with Crippen molar-refractivity contribution in [2.45, 2.75) is 18.1 Å². The molecule has 6 rings (SSSR count). The van der Waals surface area contributed by atoms with Crippen molar-refractivity contribution in [3.8, 4) is 17.2 Å². The molecule has 0 spiro atoms. The molecule has 9 nitrogen and oxygen atoms in total. The molecule has 1 aliphatic carbocycles. The molecule has 3 aliphatic rings. The lowest BCUT2D eigenvalue weighted by Crippen LogP contribution is -2.27. The van der Waals surface area contributed by atoms with Crippen LogP contribution in [0.1, 0.15) is 5.69 Å². The second-order valence-electron chi connectivity index (χ2n) is 8.79. The normalized spacial score (nSPS) is 27.0. The highest BCUT2D eigenvalue weighted by Gasteiger charge is 2.70. The van der Waals surface area contributed by atoms with Gasteiger partial charge in [0.1, 0.15) is 17.3 Å². The summed E-state index contributed by atoms with van der Waals surface area (Å²) < 4.78 is 57.2. The summed E-state index contributed by atoms with van der Waals surface area (Å²) in [6.45, 7) is 0.974. The van der Waals surface area contributed by atoms with Crippen LogP contribution in [-0.2, 0) is 21.4 Å². The van der Waals surface area contributed by atoms with E-state index >= 15 is 13.2 Å². The van der Waals surface area contributed by atoms with E-state index in [0.29, 0.717) is 18.9 Å². The second-order valence-corrected chi connectivity index (χ2v) is 8.79. The van der Waals surface area contributed by atoms with Gasteiger partial charge in [-0.25, -0.2) is 22.6 Å². The van der Waals surface area contributed by atoms with Gasteiger partial charge in [-0.3, -0.25) is 9.88 Å². The van der Waals surface area contributed by atoms with Crippen LogP contribution >= 0.6 is 0 Å². The first-order valence-corrected chi connectivity index (χ1v) is 10.9. The molecule has 2 aliphatic heterocycles. The SMILES string of the molecule is N#C[C@]1(c2ccc(-c3c(F)cc(N4C[C@H](Cn5ccnn5)OC4=O)c(F)c3F)cn2)[C@@H]2COC[C@@H]21. The lowest BCUT2D eigenvalue weighted by molar-refractivity contribution is 0.129. The lowest BCUT2D eigenvalue weighted by atomic mass is 9.96. The molecule has 0 N–H and O–H groups in total. The summed E-state index contributed by atoms with van der Waals surface area (Å²) in [5, 5.41) is 17.1. The number of nitriles is 1. The first-order valence-electron chi connectivity index (χ1n) is 10.9. The zero-order chi connectivity index (χ0) is 24.3. The van der Waals surface area contributed by atoms with E-state index in [0.717, 1.165) is 11.0 Å². The van der Waals surface area contributed by atoms with Crippen LogP contribution in [-0.4, -0.2) is 51.9 Å². The predicted octanol–water partition coefficient (Wildman–Crippen LogP) is 2.82. The first kappa shape index (κ1) is 21.5. The van der Waals surface area contributed by atoms with Crippen LogP contribution in [0.2, 0.25) is 0 Å². The molecule has 4 heterocycles. The summed E-state index contributed by atoms with van der Waals surface area (Å²) in [6.07, 6.45) is 2.61. The molecule has 35 heavy (non-hydrogen) atoms. The molecule has 4 atom stereocenters. The van der Waals surface area contributed by atoms with E-state index in [1.807, 2.05) is 0 Å². The van der Waals surface area contributed by atoms with Crippen LogP contribution < -0.4 is 4.90 Å². The number of nitrogens with zero attached hydrogens (tertiary/aromatic N) is 6. The van der Waals surface area contributed by atoms with E-state index in [2.05, 4.69) is 21.4 Å². The minimum atomic E-state index is -1.45. The van der Waals surface area contributed by atoms with Gasteiger partial charge in [-0.15, -0.1) is 5.10 Å². The van der Waals surface area contributed by atoms with Crippen LogP contribution in [0, 0.1) is 40.6 Å². The fraction of sp³-hybridized carbons (Fsp3) is 0.348. The average Bonchev–Trinajstić information content (AvgIpc) is 3.37. The molecule has 2 saturated heterocycles. The smallest absolute Gasteiger partial charge is 0.414 e. The number of hydrogen-bond acceptors (Lipinski definition) is 7. The highest BCUT2D eigenvalue weighted by molar-refractivity contribution is 5.90. The lowest BCUT2D eigenvalue weighted by Gasteiger charge is -2.17. The average molecular weight is 482 g/mol. The van der Waals surface area contributed by atoms with Crippen molar-refractivity contribution in [3.63, 3.8) is 0 Å². The van der Waals surface area contributed by atoms with Gasteiger partial charge in [-0.2, -0.15) is 5.26 Å². The highest BCUT2D eigenvalue weighted by Crippen LogP contribution is 2.62. The molecular formula is C23H17F3N6O3. The van der Waals surface area contributed by atoms with Crippen molar-refractivity contribution in [1.29, 1.82) is 5.26 Å². The summed E-state index contributed by atoms with van der Waals surface area (Å²) in [5.41, 5.74) is -1.42. The number of fused-ring (bicyclic) bond motifs is 1. The number of aromatic nitrogens is 4. The quantitative estimate of drug-likeness (QED) is 0.515. The summed E-state index contributed by atoms with van der Waals surface area (Å²) in [6, 6.07) is 6.02. The Kier molecular flexibility index (Phi) is 4.79. The Balaban J connectivity index is 1.27. The minimum absolute atomic E-state index is 0.0115. The van der Waals surface area contributed by atoms with Gasteiger partial charge in [-0.1, -0.05) is 11.3 Å². The van der Waals surface area contributed by atoms with E-state index < -0.39 is 46.3 Å². The highest BCUT2D eigenvalue weighted by atomic mass is 19.2. The largest absolute Gasteiger partial charge is 0.442 e. The van der Waals surface area contributed by atoms with Gasteiger partial charge in [0.25, 0.3) is 0 Å². The summed E-state index contributed by atoms with van der Waals surface area (Å²) in [4.78, 5) is 17.4. The number of benzene rings is 1. The topological polar surface area (TPSA) is 106 Å². The molecule has 0 unspecified atom stereocenters. The number of carbonyl (C=O) groups excluding carboxylic acids is 1. The maximum atomic E-state index is 15.1. The summed E-state index contributed by atoms with van der Waals surface area (Å²) in [7, 11) is 0. The van der Waals surface area contributed by atoms with Gasteiger partial charge in [0, 0.05) is 35.9 Å². The summed E-state index contributed by atoms with van der Waals surface area (Å²) in [5.74, 6) is -3.80. The van der Waals surface area contributed by atoms with Crippen LogP contribution in [0.5, 0.6) is 0 Å². The standard InChI is InChI=1S/C23H17F3N6O3/c24-16-5-17(32-8-13(35-22(32)33)7-31-4-3-29-30-31)20(25)21(26)19(16)12-1-2-18(28-6-12)23(11-27)14-9-34-10-15(14)23/h1-6,13-15H,7-10H2/t13-,14-,15+,23+/m0/s1. The van der Waals surface area contributed by atoms with Crippen molar-refractivity contribution in [3.05, 3.63) is 59.9 Å². The van der Waals surface area contributed by atoms with Crippen molar-refractivity contribution in [1.82, 2.24) is 20.0 Å². The molecule has 0 radical (unpaired) electrons. The molecule has 3 fully saturated rings. The number of hydrogen-bond donors (Lipinski definition) is 0. The zero-order valence-corrected chi connectivity index (χ0v) is 18.1. The Morgan fingerprint density at radius 3 is 2.66 bits per heavy atom. The number of rotatable bonds is 5. The van der Waals surface area contributed by atoms with Crippen LogP contribution in [0.4, 0.5) is 23.7 Å². The number of amides is 1. The number of carbonyl (C=O) groups is 1. The molecule has 1 aromatic carbocycles. The monoisotopic (exact) mass is 482 g/mol. The second kappa shape index (κ2) is 7.78. The first-order chi connectivity index (χ1) is 16.9. The molecule has 12 heteroatoms. The third kappa shape index (κ3) is 3.19. The van der Waals surface area contributed by atoms with Crippen molar-refractivity contribution >= 4 is 11.8 Å². The Morgan fingerprint density at radius 1 is 1.20 bits per heavy atom. The molecule has 0 bridgehead atoms. The number of anilines is 1. The van der Waals surface area contributed by atoms with Crippen LogP contribution in [0.3, 0.4) is 0 Å².